The summed E-state index contributed by atoms with van der Waals surface area (Å²) in [5, 5.41) is 5.83. The van der Waals surface area contributed by atoms with E-state index in [9.17, 15) is 9.59 Å². The fraction of sp³-hybridized carbons (Fsp3) is 0.647. The molecule has 3 atom stereocenters. The first kappa shape index (κ1) is 16.6. The molecule has 0 aromatic carbocycles. The molecule has 1 aliphatic carbocycles. The second-order valence-electron chi connectivity index (χ2n) is 6.30. The Morgan fingerprint density at radius 3 is 2.73 bits per heavy atom. The first-order valence-electron chi connectivity index (χ1n) is 8.14. The SMILES string of the molecule is C[C@H]1[C@@H](NC(=O)CCC(=O)NCc2ccco2)CCC[C@@H]1C. The minimum atomic E-state index is -0.128. The van der Waals surface area contributed by atoms with E-state index in [1.165, 1.54) is 12.8 Å². The van der Waals surface area contributed by atoms with Crippen LogP contribution in [0.25, 0.3) is 0 Å². The molecule has 0 bridgehead atoms. The van der Waals surface area contributed by atoms with Crippen LogP contribution >= 0.6 is 0 Å². The highest BCUT2D eigenvalue weighted by molar-refractivity contribution is 5.83. The van der Waals surface area contributed by atoms with Gasteiger partial charge in [-0.15, -0.1) is 0 Å². The van der Waals surface area contributed by atoms with Gasteiger partial charge in [0.25, 0.3) is 0 Å². The Morgan fingerprint density at radius 2 is 2.00 bits per heavy atom. The molecular weight excluding hydrogens is 280 g/mol. The van der Waals surface area contributed by atoms with Crippen LogP contribution in [-0.4, -0.2) is 17.9 Å². The maximum Gasteiger partial charge on any atom is 0.220 e. The van der Waals surface area contributed by atoms with E-state index in [-0.39, 0.29) is 30.7 Å². The van der Waals surface area contributed by atoms with Gasteiger partial charge in [0.05, 0.1) is 12.8 Å². The zero-order valence-corrected chi connectivity index (χ0v) is 13.4. The van der Waals surface area contributed by atoms with E-state index >= 15 is 0 Å². The first-order valence-corrected chi connectivity index (χ1v) is 8.14. The summed E-state index contributed by atoms with van der Waals surface area (Å²) in [5.74, 6) is 1.71. The summed E-state index contributed by atoms with van der Waals surface area (Å²) < 4.78 is 5.14. The molecular formula is C17H26N2O3. The number of furan rings is 1. The second-order valence-corrected chi connectivity index (χ2v) is 6.30. The molecule has 1 saturated carbocycles. The van der Waals surface area contributed by atoms with E-state index in [1.807, 2.05) is 0 Å². The van der Waals surface area contributed by atoms with Crippen molar-refractivity contribution in [3.05, 3.63) is 24.2 Å². The van der Waals surface area contributed by atoms with E-state index in [1.54, 1.807) is 18.4 Å². The Hall–Kier alpha value is -1.78. The molecule has 1 aromatic heterocycles. The van der Waals surface area contributed by atoms with Crippen molar-refractivity contribution in [1.82, 2.24) is 10.6 Å². The number of nitrogens with one attached hydrogen (secondary N) is 2. The quantitative estimate of drug-likeness (QED) is 0.848. The van der Waals surface area contributed by atoms with Crippen LogP contribution in [0.2, 0.25) is 0 Å². The molecule has 1 heterocycles. The highest BCUT2D eigenvalue weighted by Gasteiger charge is 2.28. The Bertz CT molecular complexity index is 484. The van der Waals surface area contributed by atoms with Gasteiger partial charge < -0.3 is 15.1 Å². The van der Waals surface area contributed by atoms with Gasteiger partial charge in [0.15, 0.2) is 0 Å². The van der Waals surface area contributed by atoms with Crippen LogP contribution < -0.4 is 10.6 Å². The molecule has 22 heavy (non-hydrogen) atoms. The summed E-state index contributed by atoms with van der Waals surface area (Å²) in [5.41, 5.74) is 0. The van der Waals surface area contributed by atoms with Crippen LogP contribution in [0.1, 0.15) is 51.7 Å². The number of amides is 2. The van der Waals surface area contributed by atoms with Crippen LogP contribution in [0.3, 0.4) is 0 Å². The molecule has 0 saturated heterocycles. The molecule has 1 aromatic rings. The molecule has 5 nitrogen and oxygen atoms in total. The highest BCUT2D eigenvalue weighted by atomic mass is 16.3. The third-order valence-corrected chi connectivity index (χ3v) is 4.67. The molecule has 1 aliphatic rings. The van der Waals surface area contributed by atoms with Gasteiger partial charge in [0.2, 0.25) is 11.8 Å². The Morgan fingerprint density at radius 1 is 1.23 bits per heavy atom. The monoisotopic (exact) mass is 306 g/mol. The summed E-state index contributed by atoms with van der Waals surface area (Å²) in [4.78, 5) is 23.7. The van der Waals surface area contributed by atoms with Gasteiger partial charge in [-0.2, -0.15) is 0 Å². The molecule has 0 spiro atoms. The summed E-state index contributed by atoms with van der Waals surface area (Å²) in [6.07, 6.45) is 5.47. The molecule has 2 rings (SSSR count). The van der Waals surface area contributed by atoms with Gasteiger partial charge in [-0.05, 0) is 30.4 Å². The lowest BCUT2D eigenvalue weighted by Crippen LogP contribution is -2.43. The van der Waals surface area contributed by atoms with Crippen LogP contribution in [0.15, 0.2) is 22.8 Å². The van der Waals surface area contributed by atoms with Gasteiger partial charge >= 0.3 is 0 Å². The standard InChI is InChI=1S/C17H26N2O3/c1-12-5-3-7-15(13(12)2)19-17(21)9-8-16(20)18-11-14-6-4-10-22-14/h4,6,10,12-13,15H,3,5,7-9,11H2,1-2H3,(H,18,20)(H,19,21)/t12-,13+,15-/m0/s1. The maximum absolute atomic E-state index is 12.0. The minimum Gasteiger partial charge on any atom is -0.467 e. The van der Waals surface area contributed by atoms with Crippen molar-refractivity contribution in [2.45, 2.75) is 58.5 Å². The van der Waals surface area contributed by atoms with Crippen LogP contribution in [0.4, 0.5) is 0 Å². The van der Waals surface area contributed by atoms with E-state index < -0.39 is 0 Å². The fourth-order valence-corrected chi connectivity index (χ4v) is 2.98. The van der Waals surface area contributed by atoms with Crippen LogP contribution in [-0.2, 0) is 16.1 Å². The molecule has 122 valence electrons. The largest absolute Gasteiger partial charge is 0.467 e. The average molecular weight is 306 g/mol. The van der Waals surface area contributed by atoms with Crippen molar-refractivity contribution in [3.63, 3.8) is 0 Å². The first-order chi connectivity index (χ1) is 10.6. The zero-order chi connectivity index (χ0) is 15.9. The smallest absolute Gasteiger partial charge is 0.220 e. The normalized spacial score (nSPS) is 24.7. The van der Waals surface area contributed by atoms with Crippen molar-refractivity contribution in [2.24, 2.45) is 11.8 Å². The summed E-state index contributed by atoms with van der Waals surface area (Å²) in [6, 6.07) is 3.84. The Kier molecular flexibility index (Phi) is 6.04. The summed E-state index contributed by atoms with van der Waals surface area (Å²) in [6.45, 7) is 4.81. The molecule has 0 radical (unpaired) electrons. The zero-order valence-electron chi connectivity index (χ0n) is 13.4. The number of hydrogen-bond donors (Lipinski definition) is 2. The number of rotatable bonds is 6. The lowest BCUT2D eigenvalue weighted by molar-refractivity contribution is -0.127. The topological polar surface area (TPSA) is 71.3 Å². The maximum atomic E-state index is 12.0. The number of carbonyl (C=O) groups excluding carboxylic acids is 2. The molecule has 0 unspecified atom stereocenters. The van der Waals surface area contributed by atoms with Crippen LogP contribution in [0.5, 0.6) is 0 Å². The molecule has 0 aliphatic heterocycles. The average Bonchev–Trinajstić information content (AvgIpc) is 3.01. The molecule has 1 fully saturated rings. The fourth-order valence-electron chi connectivity index (χ4n) is 2.98. The minimum absolute atomic E-state index is 0.0286. The van der Waals surface area contributed by atoms with Gasteiger partial charge in [-0.25, -0.2) is 0 Å². The highest BCUT2D eigenvalue weighted by Crippen LogP contribution is 2.29. The molecule has 5 heteroatoms. The van der Waals surface area contributed by atoms with Crippen LogP contribution in [0, 0.1) is 11.8 Å². The molecule has 2 N–H and O–H groups in total. The summed E-state index contributed by atoms with van der Waals surface area (Å²) in [7, 11) is 0. The van der Waals surface area contributed by atoms with Crippen molar-refractivity contribution in [2.75, 3.05) is 0 Å². The Balaban J connectivity index is 1.65. The van der Waals surface area contributed by atoms with Crippen molar-refractivity contribution in [1.29, 1.82) is 0 Å². The third-order valence-electron chi connectivity index (χ3n) is 4.67. The van der Waals surface area contributed by atoms with E-state index in [0.29, 0.717) is 24.1 Å². The van der Waals surface area contributed by atoms with E-state index in [4.69, 9.17) is 4.42 Å². The summed E-state index contributed by atoms with van der Waals surface area (Å²) >= 11 is 0. The Labute approximate surface area is 131 Å². The predicted molar refractivity (Wildman–Crippen MR) is 83.9 cm³/mol. The van der Waals surface area contributed by atoms with Gasteiger partial charge in [-0.3, -0.25) is 9.59 Å². The predicted octanol–water partition coefficient (Wildman–Crippen LogP) is 2.62. The number of carbonyl (C=O) groups is 2. The van der Waals surface area contributed by atoms with Crippen molar-refractivity contribution < 1.29 is 14.0 Å². The lowest BCUT2D eigenvalue weighted by atomic mass is 9.78. The van der Waals surface area contributed by atoms with E-state index in [2.05, 4.69) is 24.5 Å². The second kappa shape index (κ2) is 8.01. The van der Waals surface area contributed by atoms with Gasteiger partial charge in [0.1, 0.15) is 5.76 Å². The van der Waals surface area contributed by atoms with E-state index in [0.717, 1.165) is 6.42 Å². The van der Waals surface area contributed by atoms with Crippen molar-refractivity contribution >= 4 is 11.8 Å². The van der Waals surface area contributed by atoms with Gasteiger partial charge in [-0.1, -0.05) is 26.7 Å². The van der Waals surface area contributed by atoms with Gasteiger partial charge in [0, 0.05) is 18.9 Å². The number of hydrogen-bond acceptors (Lipinski definition) is 3. The van der Waals surface area contributed by atoms with Crippen molar-refractivity contribution in [3.8, 4) is 0 Å². The lowest BCUT2D eigenvalue weighted by Gasteiger charge is -2.34. The third kappa shape index (κ3) is 4.90. The molecule has 2 amide bonds.